The van der Waals surface area contributed by atoms with Crippen LogP contribution in [-0.4, -0.2) is 39.2 Å². The number of aliphatic hydroxyl groups excluding tert-OH is 1. The van der Waals surface area contributed by atoms with Crippen LogP contribution in [0.2, 0.25) is 0 Å². The van der Waals surface area contributed by atoms with Crippen LogP contribution in [0.25, 0.3) is 10.2 Å². The van der Waals surface area contributed by atoms with Gasteiger partial charge in [0.25, 0.3) is 5.56 Å². The smallest absolute Gasteiger partial charge is 0.259 e. The molecule has 3 heterocycles. The Kier molecular flexibility index (Phi) is 4.22. The van der Waals surface area contributed by atoms with E-state index in [0.29, 0.717) is 12.6 Å². The number of aromatic amines is 1. The summed E-state index contributed by atoms with van der Waals surface area (Å²) < 4.78 is 0. The largest absolute Gasteiger partial charge is 0.396 e. The molecular weight excluding hydrogens is 310 g/mol. The Balaban J connectivity index is 1.63. The fourth-order valence-electron chi connectivity index (χ4n) is 4.06. The number of nitrogens with one attached hydrogen (secondary N) is 1. The molecule has 124 valence electrons. The Labute approximate surface area is 139 Å². The summed E-state index contributed by atoms with van der Waals surface area (Å²) in [5, 5.41) is 10.1. The van der Waals surface area contributed by atoms with Crippen molar-refractivity contribution in [1.82, 2.24) is 14.9 Å². The fourth-order valence-corrected chi connectivity index (χ4v) is 5.34. The highest BCUT2D eigenvalue weighted by Crippen LogP contribution is 2.34. The zero-order chi connectivity index (χ0) is 15.8. The Bertz CT molecular complexity index is 765. The fraction of sp³-hybridized carbons (Fsp3) is 0.647. The summed E-state index contributed by atoms with van der Waals surface area (Å²) in [7, 11) is 0. The summed E-state index contributed by atoms with van der Waals surface area (Å²) in [6.45, 7) is 1.92. The molecule has 2 aromatic rings. The lowest BCUT2D eigenvalue weighted by molar-refractivity contribution is 0.110. The van der Waals surface area contributed by atoms with E-state index in [4.69, 9.17) is 4.98 Å². The van der Waals surface area contributed by atoms with Crippen LogP contribution in [0.1, 0.15) is 48.4 Å². The lowest BCUT2D eigenvalue weighted by atomic mass is 10.00. The second-order valence-electron chi connectivity index (χ2n) is 6.68. The zero-order valence-corrected chi connectivity index (χ0v) is 14.1. The summed E-state index contributed by atoms with van der Waals surface area (Å²) in [5.41, 5.74) is 1.27. The van der Waals surface area contributed by atoms with Gasteiger partial charge in [0.05, 0.1) is 11.9 Å². The molecule has 1 saturated heterocycles. The van der Waals surface area contributed by atoms with E-state index >= 15 is 0 Å². The Morgan fingerprint density at radius 2 is 2.22 bits per heavy atom. The van der Waals surface area contributed by atoms with Gasteiger partial charge in [0, 0.05) is 17.5 Å². The molecule has 1 aliphatic carbocycles. The van der Waals surface area contributed by atoms with Crippen LogP contribution < -0.4 is 5.56 Å². The molecule has 23 heavy (non-hydrogen) atoms. The topological polar surface area (TPSA) is 69.2 Å². The van der Waals surface area contributed by atoms with Crippen molar-refractivity contribution in [1.29, 1.82) is 0 Å². The van der Waals surface area contributed by atoms with Gasteiger partial charge in [0.15, 0.2) is 0 Å². The molecule has 0 bridgehead atoms. The first-order chi connectivity index (χ1) is 11.3. The Morgan fingerprint density at radius 1 is 1.30 bits per heavy atom. The molecule has 0 radical (unpaired) electrons. The predicted octanol–water partition coefficient (Wildman–Crippen LogP) is 2.21. The molecular formula is C17H23N3O2S. The van der Waals surface area contributed by atoms with E-state index in [1.54, 1.807) is 11.3 Å². The van der Waals surface area contributed by atoms with E-state index in [2.05, 4.69) is 9.88 Å². The van der Waals surface area contributed by atoms with Crippen molar-refractivity contribution in [3.8, 4) is 0 Å². The van der Waals surface area contributed by atoms with E-state index in [-0.39, 0.29) is 12.2 Å². The Morgan fingerprint density at radius 3 is 3.09 bits per heavy atom. The molecule has 2 aromatic heterocycles. The molecule has 0 spiro atoms. The molecule has 1 unspecified atom stereocenters. The van der Waals surface area contributed by atoms with Gasteiger partial charge in [0.1, 0.15) is 10.7 Å². The van der Waals surface area contributed by atoms with Gasteiger partial charge in [-0.2, -0.15) is 0 Å². The van der Waals surface area contributed by atoms with Crippen LogP contribution in [-0.2, 0) is 19.4 Å². The van der Waals surface area contributed by atoms with E-state index < -0.39 is 0 Å². The number of H-pyrrole nitrogens is 1. The van der Waals surface area contributed by atoms with Gasteiger partial charge in [-0.25, -0.2) is 4.98 Å². The standard InChI is InChI=1S/C17H23N3O2S/c21-9-7-11-4-1-2-8-20(11)10-14-18-16(22)15-12-5-3-6-13(12)23-17(15)19-14/h11,21H,1-10H2,(H,18,19,22). The molecule has 0 aromatic carbocycles. The first kappa shape index (κ1) is 15.3. The van der Waals surface area contributed by atoms with Crippen molar-refractivity contribution in [3.05, 3.63) is 26.6 Å². The van der Waals surface area contributed by atoms with Crippen LogP contribution in [0.4, 0.5) is 0 Å². The molecule has 6 heteroatoms. The maximum Gasteiger partial charge on any atom is 0.259 e. The first-order valence-corrected chi connectivity index (χ1v) is 9.46. The predicted molar refractivity (Wildman–Crippen MR) is 92.0 cm³/mol. The van der Waals surface area contributed by atoms with E-state index in [1.165, 1.54) is 23.3 Å². The lowest BCUT2D eigenvalue weighted by Gasteiger charge is -2.35. The van der Waals surface area contributed by atoms with Crippen LogP contribution >= 0.6 is 11.3 Å². The summed E-state index contributed by atoms with van der Waals surface area (Å²) in [6, 6.07) is 0.406. The van der Waals surface area contributed by atoms with Crippen LogP contribution in [0, 0.1) is 0 Å². The highest BCUT2D eigenvalue weighted by molar-refractivity contribution is 7.18. The number of thiophene rings is 1. The quantitative estimate of drug-likeness (QED) is 0.900. The maximum atomic E-state index is 12.5. The lowest BCUT2D eigenvalue weighted by Crippen LogP contribution is -2.40. The van der Waals surface area contributed by atoms with Crippen LogP contribution in [0.5, 0.6) is 0 Å². The number of piperidine rings is 1. The third-order valence-corrected chi connectivity index (χ3v) is 6.37. The van der Waals surface area contributed by atoms with Gasteiger partial charge in [0.2, 0.25) is 0 Å². The minimum absolute atomic E-state index is 0.0279. The molecule has 0 saturated carbocycles. The number of hydrogen-bond acceptors (Lipinski definition) is 5. The number of hydrogen-bond donors (Lipinski definition) is 2. The Hall–Kier alpha value is -1.24. The monoisotopic (exact) mass is 333 g/mol. The molecule has 1 fully saturated rings. The van der Waals surface area contributed by atoms with Crippen molar-refractivity contribution < 1.29 is 5.11 Å². The zero-order valence-electron chi connectivity index (χ0n) is 13.3. The minimum Gasteiger partial charge on any atom is -0.396 e. The van der Waals surface area contributed by atoms with E-state index in [9.17, 15) is 9.90 Å². The summed E-state index contributed by atoms with van der Waals surface area (Å²) in [6.07, 6.45) is 7.61. The number of aromatic nitrogens is 2. The van der Waals surface area contributed by atoms with Gasteiger partial charge in [-0.15, -0.1) is 11.3 Å². The number of fused-ring (bicyclic) bond motifs is 3. The van der Waals surface area contributed by atoms with Crippen molar-refractivity contribution >= 4 is 21.6 Å². The van der Waals surface area contributed by atoms with E-state index in [1.807, 2.05) is 0 Å². The third kappa shape index (κ3) is 2.84. The highest BCUT2D eigenvalue weighted by Gasteiger charge is 2.24. The number of rotatable bonds is 4. The highest BCUT2D eigenvalue weighted by atomic mass is 32.1. The maximum absolute atomic E-state index is 12.5. The summed E-state index contributed by atoms with van der Waals surface area (Å²) in [5.74, 6) is 0.771. The number of likely N-dealkylation sites (tertiary alicyclic amines) is 1. The van der Waals surface area contributed by atoms with Crippen molar-refractivity contribution in [3.63, 3.8) is 0 Å². The molecule has 2 aliphatic rings. The van der Waals surface area contributed by atoms with Gasteiger partial charge < -0.3 is 10.1 Å². The molecule has 5 nitrogen and oxygen atoms in total. The molecule has 1 atom stereocenters. The SMILES string of the molecule is O=c1[nH]c(CN2CCCCC2CCO)nc2sc3c(c12)CCC3. The van der Waals surface area contributed by atoms with Crippen molar-refractivity contribution in [2.24, 2.45) is 0 Å². The normalized spacial score (nSPS) is 21.9. The molecule has 4 rings (SSSR count). The van der Waals surface area contributed by atoms with Gasteiger partial charge in [-0.3, -0.25) is 9.69 Å². The van der Waals surface area contributed by atoms with Crippen LogP contribution in [0.15, 0.2) is 4.79 Å². The summed E-state index contributed by atoms with van der Waals surface area (Å²) in [4.78, 5) is 24.9. The van der Waals surface area contributed by atoms with E-state index in [0.717, 1.165) is 54.7 Å². The minimum atomic E-state index is 0.0279. The summed E-state index contributed by atoms with van der Waals surface area (Å²) >= 11 is 1.70. The average Bonchev–Trinajstić information content (AvgIpc) is 3.09. The molecule has 1 aliphatic heterocycles. The van der Waals surface area contributed by atoms with Crippen molar-refractivity contribution in [2.45, 2.75) is 57.5 Å². The van der Waals surface area contributed by atoms with Gasteiger partial charge in [-0.1, -0.05) is 6.42 Å². The molecule has 0 amide bonds. The van der Waals surface area contributed by atoms with Gasteiger partial charge in [-0.05, 0) is 50.6 Å². The number of nitrogens with zero attached hydrogens (tertiary/aromatic N) is 2. The first-order valence-electron chi connectivity index (χ1n) is 8.64. The second-order valence-corrected chi connectivity index (χ2v) is 7.77. The molecule has 2 N–H and O–H groups in total. The number of aryl methyl sites for hydroxylation is 2. The number of aliphatic hydroxyl groups is 1. The van der Waals surface area contributed by atoms with Gasteiger partial charge >= 0.3 is 0 Å². The second kappa shape index (κ2) is 6.34. The van der Waals surface area contributed by atoms with Crippen molar-refractivity contribution in [2.75, 3.05) is 13.2 Å². The third-order valence-electron chi connectivity index (χ3n) is 5.19. The average molecular weight is 333 g/mol. The van der Waals surface area contributed by atoms with Crippen LogP contribution in [0.3, 0.4) is 0 Å².